The van der Waals surface area contributed by atoms with Crippen LogP contribution in [-0.4, -0.2) is 31.5 Å². The van der Waals surface area contributed by atoms with Crippen LogP contribution in [-0.2, 0) is 9.84 Å². The lowest BCUT2D eigenvalue weighted by molar-refractivity contribution is 0.494. The molecular weight excluding hydrogens is 222 g/mol. The topological polar surface area (TPSA) is 46.2 Å². The van der Waals surface area contributed by atoms with E-state index in [9.17, 15) is 8.42 Å². The second-order valence-electron chi connectivity index (χ2n) is 5.04. The summed E-state index contributed by atoms with van der Waals surface area (Å²) in [5.41, 5.74) is 0. The molecule has 3 atom stereocenters. The highest BCUT2D eigenvalue weighted by atomic mass is 32.2. The van der Waals surface area contributed by atoms with Crippen molar-refractivity contribution in [2.45, 2.75) is 64.5 Å². The zero-order valence-corrected chi connectivity index (χ0v) is 12.3. The Morgan fingerprint density at radius 2 is 1.56 bits per heavy atom. The highest BCUT2D eigenvalue weighted by Crippen LogP contribution is 2.19. The highest BCUT2D eigenvalue weighted by molar-refractivity contribution is 7.92. The van der Waals surface area contributed by atoms with Gasteiger partial charge in [0.25, 0.3) is 0 Å². The zero-order chi connectivity index (χ0) is 12.9. The van der Waals surface area contributed by atoms with Gasteiger partial charge in [-0.05, 0) is 39.7 Å². The summed E-state index contributed by atoms with van der Waals surface area (Å²) in [6.07, 6.45) is 0.688. The van der Waals surface area contributed by atoms with Crippen molar-refractivity contribution in [2.24, 2.45) is 5.92 Å². The summed E-state index contributed by atoms with van der Waals surface area (Å²) in [5.74, 6) is 0.182. The van der Waals surface area contributed by atoms with Gasteiger partial charge in [-0.15, -0.1) is 0 Å². The van der Waals surface area contributed by atoms with E-state index in [0.717, 1.165) is 6.54 Å². The van der Waals surface area contributed by atoms with Crippen molar-refractivity contribution < 1.29 is 8.42 Å². The van der Waals surface area contributed by atoms with Crippen LogP contribution in [0.1, 0.15) is 48.0 Å². The number of hydrogen-bond donors (Lipinski definition) is 1. The molecule has 0 spiro atoms. The molecule has 0 saturated heterocycles. The molecule has 0 fully saturated rings. The first-order chi connectivity index (χ1) is 7.23. The van der Waals surface area contributed by atoms with E-state index in [2.05, 4.69) is 5.32 Å². The molecule has 16 heavy (non-hydrogen) atoms. The fourth-order valence-corrected chi connectivity index (χ4v) is 3.86. The average molecular weight is 249 g/mol. The minimum Gasteiger partial charge on any atom is -0.314 e. The molecule has 0 rings (SSSR count). The molecule has 0 aliphatic heterocycles. The van der Waals surface area contributed by atoms with Crippen molar-refractivity contribution in [1.29, 1.82) is 0 Å². The van der Waals surface area contributed by atoms with Crippen molar-refractivity contribution in [1.82, 2.24) is 5.32 Å². The minimum absolute atomic E-state index is 0.182. The van der Waals surface area contributed by atoms with Gasteiger partial charge in [0, 0.05) is 6.04 Å². The molecule has 0 saturated carbocycles. The van der Waals surface area contributed by atoms with Gasteiger partial charge in [0.2, 0.25) is 0 Å². The Balaban J connectivity index is 4.53. The van der Waals surface area contributed by atoms with E-state index in [1.165, 1.54) is 0 Å². The highest BCUT2D eigenvalue weighted by Gasteiger charge is 2.30. The Hall–Kier alpha value is -0.0900. The first kappa shape index (κ1) is 15.9. The van der Waals surface area contributed by atoms with Crippen LogP contribution in [0.5, 0.6) is 0 Å². The molecule has 0 aliphatic carbocycles. The van der Waals surface area contributed by atoms with Gasteiger partial charge in [-0.2, -0.15) is 0 Å². The Bertz CT molecular complexity index is 285. The predicted molar refractivity (Wildman–Crippen MR) is 70.4 cm³/mol. The summed E-state index contributed by atoms with van der Waals surface area (Å²) in [6.45, 7) is 12.5. The number of sulfone groups is 1. The lowest BCUT2D eigenvalue weighted by atomic mass is 10.1. The van der Waals surface area contributed by atoms with Crippen LogP contribution >= 0.6 is 0 Å². The zero-order valence-electron chi connectivity index (χ0n) is 11.4. The largest absolute Gasteiger partial charge is 0.314 e. The first-order valence-corrected chi connectivity index (χ1v) is 7.80. The third-order valence-corrected chi connectivity index (χ3v) is 6.15. The molecule has 0 aromatic rings. The van der Waals surface area contributed by atoms with Gasteiger partial charge < -0.3 is 5.32 Å². The standard InChI is InChI=1S/C12H27NO2S/c1-7-13-10(4)8-11(5)16(14,15)12(6)9(2)3/h9-13H,7-8H2,1-6H3. The molecule has 0 aromatic carbocycles. The van der Waals surface area contributed by atoms with E-state index in [4.69, 9.17) is 0 Å². The summed E-state index contributed by atoms with van der Waals surface area (Å²) in [5, 5.41) is 2.73. The summed E-state index contributed by atoms with van der Waals surface area (Å²) in [7, 11) is -2.99. The van der Waals surface area contributed by atoms with Gasteiger partial charge in [0.05, 0.1) is 10.5 Å². The Labute approximate surface area is 101 Å². The van der Waals surface area contributed by atoms with Crippen molar-refractivity contribution in [3.05, 3.63) is 0 Å². The molecule has 1 N–H and O–H groups in total. The van der Waals surface area contributed by atoms with Gasteiger partial charge in [-0.3, -0.25) is 0 Å². The third kappa shape index (κ3) is 4.42. The summed E-state index contributed by atoms with van der Waals surface area (Å²) >= 11 is 0. The summed E-state index contributed by atoms with van der Waals surface area (Å²) < 4.78 is 24.4. The quantitative estimate of drug-likeness (QED) is 0.752. The molecule has 3 nitrogen and oxygen atoms in total. The average Bonchev–Trinajstić information content (AvgIpc) is 2.16. The fourth-order valence-electron chi connectivity index (χ4n) is 1.81. The summed E-state index contributed by atoms with van der Waals surface area (Å²) in [4.78, 5) is 0. The SMILES string of the molecule is CCNC(C)CC(C)S(=O)(=O)C(C)C(C)C. The van der Waals surface area contributed by atoms with E-state index >= 15 is 0 Å². The third-order valence-electron chi connectivity index (χ3n) is 3.26. The molecule has 0 aliphatic rings. The van der Waals surface area contributed by atoms with E-state index in [1.807, 2.05) is 41.5 Å². The van der Waals surface area contributed by atoms with E-state index in [0.29, 0.717) is 6.42 Å². The first-order valence-electron chi connectivity index (χ1n) is 6.19. The van der Waals surface area contributed by atoms with Gasteiger partial charge >= 0.3 is 0 Å². The Morgan fingerprint density at radius 3 is 1.94 bits per heavy atom. The number of rotatable bonds is 7. The van der Waals surface area contributed by atoms with Crippen molar-refractivity contribution in [3.63, 3.8) is 0 Å². The lowest BCUT2D eigenvalue weighted by Gasteiger charge is -2.24. The number of nitrogens with one attached hydrogen (secondary N) is 1. The van der Waals surface area contributed by atoms with Crippen LogP contribution < -0.4 is 5.32 Å². The van der Waals surface area contributed by atoms with Crippen LogP contribution in [0.2, 0.25) is 0 Å². The van der Waals surface area contributed by atoms with Gasteiger partial charge in [0.1, 0.15) is 0 Å². The molecule has 0 radical (unpaired) electrons. The maximum absolute atomic E-state index is 12.2. The maximum Gasteiger partial charge on any atom is 0.155 e. The van der Waals surface area contributed by atoms with Gasteiger partial charge in [0.15, 0.2) is 9.84 Å². The minimum atomic E-state index is -2.99. The van der Waals surface area contributed by atoms with Crippen LogP contribution in [0.25, 0.3) is 0 Å². The molecule has 98 valence electrons. The lowest BCUT2D eigenvalue weighted by Crippen LogP contribution is -2.37. The summed E-state index contributed by atoms with van der Waals surface area (Å²) in [6, 6.07) is 0.258. The normalized spacial score (nSPS) is 18.4. The molecule has 0 heterocycles. The molecule has 0 amide bonds. The van der Waals surface area contributed by atoms with Crippen LogP contribution in [0.15, 0.2) is 0 Å². The van der Waals surface area contributed by atoms with Crippen molar-refractivity contribution in [3.8, 4) is 0 Å². The van der Waals surface area contributed by atoms with E-state index in [-0.39, 0.29) is 22.5 Å². The molecule has 0 aromatic heterocycles. The molecule has 4 heteroatoms. The van der Waals surface area contributed by atoms with E-state index in [1.54, 1.807) is 0 Å². The second-order valence-corrected chi connectivity index (χ2v) is 7.77. The van der Waals surface area contributed by atoms with Gasteiger partial charge in [-0.25, -0.2) is 8.42 Å². The Morgan fingerprint density at radius 1 is 1.06 bits per heavy atom. The Kier molecular flexibility index (Phi) is 6.56. The molecule has 3 unspecified atom stereocenters. The molecular formula is C12H27NO2S. The molecule has 0 bridgehead atoms. The fraction of sp³-hybridized carbons (Fsp3) is 1.00. The van der Waals surface area contributed by atoms with Crippen molar-refractivity contribution in [2.75, 3.05) is 6.54 Å². The number of hydrogen-bond acceptors (Lipinski definition) is 3. The van der Waals surface area contributed by atoms with Crippen LogP contribution in [0.3, 0.4) is 0 Å². The second kappa shape index (κ2) is 6.60. The smallest absolute Gasteiger partial charge is 0.155 e. The van der Waals surface area contributed by atoms with Crippen LogP contribution in [0, 0.1) is 5.92 Å². The van der Waals surface area contributed by atoms with Crippen LogP contribution in [0.4, 0.5) is 0 Å². The van der Waals surface area contributed by atoms with E-state index < -0.39 is 9.84 Å². The maximum atomic E-state index is 12.2. The van der Waals surface area contributed by atoms with Crippen molar-refractivity contribution >= 4 is 9.84 Å². The monoisotopic (exact) mass is 249 g/mol. The van der Waals surface area contributed by atoms with Gasteiger partial charge in [-0.1, -0.05) is 20.8 Å². The predicted octanol–water partition coefficient (Wildman–Crippen LogP) is 2.22.